The first-order chi connectivity index (χ1) is 10.1. The van der Waals surface area contributed by atoms with Gasteiger partial charge in [0.1, 0.15) is 11.3 Å². The minimum absolute atomic E-state index is 0.0413. The summed E-state index contributed by atoms with van der Waals surface area (Å²) in [5, 5.41) is 6.35. The number of halogens is 1. The van der Waals surface area contributed by atoms with Gasteiger partial charge in [0.2, 0.25) is 0 Å². The van der Waals surface area contributed by atoms with Crippen molar-refractivity contribution >= 4 is 34.1 Å². The van der Waals surface area contributed by atoms with Crippen LogP contribution in [0.4, 0.5) is 0 Å². The Morgan fingerprint density at radius 3 is 2.90 bits per heavy atom. The van der Waals surface area contributed by atoms with Crippen molar-refractivity contribution in [1.82, 2.24) is 24.3 Å². The van der Waals surface area contributed by atoms with E-state index in [9.17, 15) is 4.79 Å². The second-order valence-corrected chi connectivity index (χ2v) is 6.02. The molecule has 0 amide bonds. The van der Waals surface area contributed by atoms with E-state index >= 15 is 0 Å². The summed E-state index contributed by atoms with van der Waals surface area (Å²) in [4.78, 5) is 18.8. The van der Waals surface area contributed by atoms with Crippen LogP contribution in [-0.2, 0) is 19.5 Å². The summed E-state index contributed by atoms with van der Waals surface area (Å²) >= 11 is 7.06. The average molecular weight is 326 g/mol. The zero-order valence-corrected chi connectivity index (χ0v) is 13.5. The molecule has 0 spiro atoms. The molecule has 3 rings (SSSR count). The molecule has 112 valence electrons. The highest BCUT2D eigenvalue weighted by atomic mass is 35.5. The van der Waals surface area contributed by atoms with Crippen LogP contribution in [0.2, 0.25) is 0 Å². The summed E-state index contributed by atoms with van der Waals surface area (Å²) in [7, 11) is 0. The maximum atomic E-state index is 11.3. The van der Waals surface area contributed by atoms with Crippen LogP contribution in [0.25, 0.3) is 11.2 Å². The molecule has 0 aliphatic carbocycles. The zero-order chi connectivity index (χ0) is 15.0. The van der Waals surface area contributed by atoms with Crippen molar-refractivity contribution in [2.45, 2.75) is 33.4 Å². The lowest BCUT2D eigenvalue weighted by Crippen LogP contribution is -2.11. The first-order valence-electron chi connectivity index (χ1n) is 6.79. The minimum Gasteiger partial charge on any atom is -0.315 e. The van der Waals surface area contributed by atoms with Crippen molar-refractivity contribution in [3.63, 3.8) is 0 Å². The van der Waals surface area contributed by atoms with E-state index in [0.29, 0.717) is 18.8 Å². The maximum absolute atomic E-state index is 11.3. The monoisotopic (exact) mass is 325 g/mol. The third kappa shape index (κ3) is 2.51. The second-order valence-electron chi connectivity index (χ2n) is 4.80. The number of aromatic amines is 1. The van der Waals surface area contributed by atoms with Gasteiger partial charge in [-0.25, -0.2) is 9.67 Å². The van der Waals surface area contributed by atoms with Crippen LogP contribution in [0.5, 0.6) is 0 Å². The molecule has 21 heavy (non-hydrogen) atoms. The summed E-state index contributed by atoms with van der Waals surface area (Å²) in [6.45, 7) is 5.36. The molecule has 8 heteroatoms. The molecular formula is C13H16ClN5OS. The number of nitrogens with zero attached hydrogens (tertiary/aromatic N) is 4. The molecule has 0 aliphatic heterocycles. The summed E-state index contributed by atoms with van der Waals surface area (Å²) in [6, 6.07) is 0. The smallest absolute Gasteiger partial charge is 0.304 e. The highest BCUT2D eigenvalue weighted by Crippen LogP contribution is 2.21. The van der Waals surface area contributed by atoms with Gasteiger partial charge in [-0.3, -0.25) is 4.79 Å². The molecule has 0 radical (unpaired) electrons. The number of alkyl halides is 1. The Morgan fingerprint density at radius 1 is 1.48 bits per heavy atom. The van der Waals surface area contributed by atoms with E-state index in [-0.39, 0.29) is 4.87 Å². The fourth-order valence-electron chi connectivity index (χ4n) is 2.49. The van der Waals surface area contributed by atoms with E-state index < -0.39 is 0 Å². The van der Waals surface area contributed by atoms with Crippen molar-refractivity contribution in [1.29, 1.82) is 0 Å². The number of nitrogens with one attached hydrogen (secondary N) is 1. The predicted molar refractivity (Wildman–Crippen MR) is 84.4 cm³/mol. The van der Waals surface area contributed by atoms with Gasteiger partial charge in [-0.2, -0.15) is 5.10 Å². The number of hydrogen-bond acceptors (Lipinski definition) is 4. The summed E-state index contributed by atoms with van der Waals surface area (Å²) < 4.78 is 4.04. The second kappa shape index (κ2) is 5.65. The van der Waals surface area contributed by atoms with E-state index in [0.717, 1.165) is 34.9 Å². The molecule has 0 saturated carbocycles. The molecule has 3 aromatic heterocycles. The minimum atomic E-state index is -0.0413. The Kier molecular flexibility index (Phi) is 3.86. The van der Waals surface area contributed by atoms with E-state index in [1.165, 1.54) is 11.3 Å². The fraction of sp³-hybridized carbons (Fsp3) is 0.462. The van der Waals surface area contributed by atoms with Crippen LogP contribution in [0.1, 0.15) is 24.1 Å². The van der Waals surface area contributed by atoms with Crippen molar-refractivity contribution < 1.29 is 0 Å². The Balaban J connectivity index is 2.16. The summed E-state index contributed by atoms with van der Waals surface area (Å²) in [6.07, 6.45) is 0.688. The van der Waals surface area contributed by atoms with E-state index in [1.807, 2.05) is 17.0 Å². The standard InChI is InChI=1S/C13H16ClN5OS/c1-3-19-12-11(8(2)17-19)16-10(4-5-14)18(12)6-9-7-21-13(20)15-9/h7H,3-6H2,1-2H3,(H,15,20). The third-order valence-electron chi connectivity index (χ3n) is 3.39. The Bertz CT molecular complexity index is 827. The molecule has 3 aromatic rings. The fourth-order valence-corrected chi connectivity index (χ4v) is 3.24. The highest BCUT2D eigenvalue weighted by Gasteiger charge is 2.18. The van der Waals surface area contributed by atoms with E-state index in [2.05, 4.69) is 26.6 Å². The largest absolute Gasteiger partial charge is 0.315 e. The van der Waals surface area contributed by atoms with E-state index in [4.69, 9.17) is 11.6 Å². The first-order valence-corrected chi connectivity index (χ1v) is 8.20. The summed E-state index contributed by atoms with van der Waals surface area (Å²) in [5.41, 5.74) is 3.69. The average Bonchev–Trinajstić information content (AvgIpc) is 3.10. The van der Waals surface area contributed by atoms with Crippen molar-refractivity contribution in [3.05, 3.63) is 32.3 Å². The number of hydrogen-bond donors (Lipinski definition) is 1. The maximum Gasteiger partial charge on any atom is 0.304 e. The SMILES string of the molecule is CCn1nc(C)c2nc(CCCl)n(Cc3csc(=O)[nH]3)c21. The third-order valence-corrected chi connectivity index (χ3v) is 4.30. The zero-order valence-electron chi connectivity index (χ0n) is 11.9. The number of rotatable bonds is 5. The number of H-pyrrole nitrogens is 1. The lowest BCUT2D eigenvalue weighted by atomic mass is 10.4. The number of aryl methyl sites for hydroxylation is 3. The number of fused-ring (bicyclic) bond motifs is 1. The quantitative estimate of drug-likeness (QED) is 0.731. The van der Waals surface area contributed by atoms with Gasteiger partial charge in [0.15, 0.2) is 5.65 Å². The number of thiazole rings is 1. The number of aromatic nitrogens is 5. The van der Waals surface area contributed by atoms with Crippen molar-refractivity contribution in [2.24, 2.45) is 0 Å². The van der Waals surface area contributed by atoms with Crippen LogP contribution < -0.4 is 4.87 Å². The lowest BCUT2D eigenvalue weighted by molar-refractivity contribution is 0.632. The van der Waals surface area contributed by atoms with Gasteiger partial charge in [-0.15, -0.1) is 11.6 Å². The molecule has 3 heterocycles. The van der Waals surface area contributed by atoms with Gasteiger partial charge in [0.05, 0.1) is 12.2 Å². The number of imidazole rings is 1. The van der Waals surface area contributed by atoms with Crippen LogP contribution in [0, 0.1) is 6.92 Å². The van der Waals surface area contributed by atoms with Crippen LogP contribution >= 0.6 is 22.9 Å². The molecule has 0 saturated heterocycles. The van der Waals surface area contributed by atoms with Gasteiger partial charge in [0, 0.05) is 29.9 Å². The predicted octanol–water partition coefficient (Wildman–Crippen LogP) is 2.14. The molecule has 0 fully saturated rings. The molecule has 0 aromatic carbocycles. The van der Waals surface area contributed by atoms with Crippen molar-refractivity contribution in [3.8, 4) is 0 Å². The van der Waals surface area contributed by atoms with Crippen molar-refractivity contribution in [2.75, 3.05) is 5.88 Å². The Hall–Kier alpha value is -1.60. The molecular weight excluding hydrogens is 310 g/mol. The normalized spacial score (nSPS) is 11.6. The van der Waals surface area contributed by atoms with Crippen LogP contribution in [-0.4, -0.2) is 30.2 Å². The Labute approximate surface area is 130 Å². The van der Waals surface area contributed by atoms with Gasteiger partial charge in [-0.05, 0) is 13.8 Å². The van der Waals surface area contributed by atoms with Crippen LogP contribution in [0.15, 0.2) is 10.2 Å². The molecule has 1 N–H and O–H groups in total. The molecule has 0 aliphatic rings. The topological polar surface area (TPSA) is 68.5 Å². The van der Waals surface area contributed by atoms with Crippen LogP contribution in [0.3, 0.4) is 0 Å². The van der Waals surface area contributed by atoms with Gasteiger partial charge in [-0.1, -0.05) is 11.3 Å². The molecule has 0 atom stereocenters. The first kappa shape index (κ1) is 14.3. The van der Waals surface area contributed by atoms with E-state index in [1.54, 1.807) is 0 Å². The van der Waals surface area contributed by atoms with Gasteiger partial charge in [0.25, 0.3) is 0 Å². The lowest BCUT2D eigenvalue weighted by Gasteiger charge is -2.08. The highest BCUT2D eigenvalue weighted by molar-refractivity contribution is 7.07. The molecule has 0 unspecified atom stereocenters. The Morgan fingerprint density at radius 2 is 2.29 bits per heavy atom. The molecule has 0 bridgehead atoms. The molecule has 6 nitrogen and oxygen atoms in total. The van der Waals surface area contributed by atoms with Gasteiger partial charge < -0.3 is 9.55 Å². The summed E-state index contributed by atoms with van der Waals surface area (Å²) in [5.74, 6) is 1.44. The van der Waals surface area contributed by atoms with Gasteiger partial charge >= 0.3 is 4.87 Å².